The molecule has 0 aromatic carbocycles. The number of likely N-dealkylation sites (tertiary alicyclic amines) is 1. The molecule has 1 spiro atoms. The minimum atomic E-state index is -0.664. The zero-order valence-electron chi connectivity index (χ0n) is 16.9. The van der Waals surface area contributed by atoms with Crippen LogP contribution in [-0.2, 0) is 27.3 Å². The molecule has 0 aliphatic carbocycles. The molecule has 156 valence electrons. The van der Waals surface area contributed by atoms with E-state index < -0.39 is 17.4 Å². The Morgan fingerprint density at radius 2 is 2.13 bits per heavy atom. The monoisotopic (exact) mass is 407 g/mol. The van der Waals surface area contributed by atoms with Gasteiger partial charge in [-0.15, -0.1) is 0 Å². The number of aromatic nitrogens is 3. The van der Waals surface area contributed by atoms with Gasteiger partial charge in [0, 0.05) is 44.9 Å². The van der Waals surface area contributed by atoms with Gasteiger partial charge >= 0.3 is 0 Å². The molecule has 0 saturated carbocycles. The van der Waals surface area contributed by atoms with E-state index in [4.69, 9.17) is 4.74 Å². The molecule has 2 aromatic rings. The molecule has 0 N–H and O–H groups in total. The van der Waals surface area contributed by atoms with E-state index in [0.29, 0.717) is 26.2 Å². The van der Waals surface area contributed by atoms with E-state index in [-0.39, 0.29) is 17.9 Å². The minimum Gasteiger partial charge on any atom is -0.360 e. The van der Waals surface area contributed by atoms with Gasteiger partial charge in [0.2, 0.25) is 11.8 Å². The third-order valence-corrected chi connectivity index (χ3v) is 6.48. The first-order valence-electron chi connectivity index (χ1n) is 10.3. The summed E-state index contributed by atoms with van der Waals surface area (Å²) >= 11 is 0. The van der Waals surface area contributed by atoms with Gasteiger partial charge in [-0.05, 0) is 30.2 Å². The summed E-state index contributed by atoms with van der Waals surface area (Å²) in [5.74, 6) is -0.914. The number of fused-ring (bicyclic) bond motifs is 1. The SMILES string of the molecule is CN(CCn1cccn1)C(=O)[C@@H]1[C@@H]2C=C[C@@]3(CN(CCc4ccncc4)C(=O)[C@@H]13)O2. The van der Waals surface area contributed by atoms with Crippen LogP contribution >= 0.6 is 0 Å². The Morgan fingerprint density at radius 1 is 1.30 bits per heavy atom. The minimum absolute atomic E-state index is 0.0229. The molecule has 3 aliphatic rings. The fraction of sp³-hybridized carbons (Fsp3) is 0.455. The fourth-order valence-corrected chi connectivity index (χ4v) is 4.91. The Labute approximate surface area is 175 Å². The molecule has 8 nitrogen and oxygen atoms in total. The molecule has 0 radical (unpaired) electrons. The van der Waals surface area contributed by atoms with Crippen LogP contribution in [-0.4, -0.2) is 74.8 Å². The summed E-state index contributed by atoms with van der Waals surface area (Å²) in [6.45, 7) is 2.27. The number of ether oxygens (including phenoxy) is 1. The van der Waals surface area contributed by atoms with Crippen LogP contribution < -0.4 is 0 Å². The highest BCUT2D eigenvalue weighted by atomic mass is 16.5. The second kappa shape index (κ2) is 7.36. The van der Waals surface area contributed by atoms with Crippen molar-refractivity contribution in [2.75, 3.05) is 26.7 Å². The smallest absolute Gasteiger partial charge is 0.230 e. The van der Waals surface area contributed by atoms with Gasteiger partial charge in [-0.25, -0.2) is 0 Å². The van der Waals surface area contributed by atoms with Gasteiger partial charge in [0.05, 0.1) is 31.0 Å². The van der Waals surface area contributed by atoms with E-state index in [9.17, 15) is 9.59 Å². The second-order valence-corrected chi connectivity index (χ2v) is 8.29. The molecule has 3 aliphatic heterocycles. The fourth-order valence-electron chi connectivity index (χ4n) is 4.91. The molecule has 4 atom stereocenters. The maximum absolute atomic E-state index is 13.3. The van der Waals surface area contributed by atoms with Crippen LogP contribution in [0.1, 0.15) is 5.56 Å². The molecule has 2 saturated heterocycles. The Balaban J connectivity index is 1.28. The zero-order chi connectivity index (χ0) is 20.7. The van der Waals surface area contributed by atoms with Crippen molar-refractivity contribution in [3.63, 3.8) is 0 Å². The normalized spacial score (nSPS) is 28.9. The molecule has 5 heterocycles. The standard InChI is InChI=1S/C22H25N5O3/c1-25(13-14-27-11-2-8-24-27)20(28)18-17-3-7-22(30-17)15-26(21(29)19(18)22)12-6-16-4-9-23-10-5-16/h2-5,7-11,17-19H,6,12-15H2,1H3/t17-,18+,19+,22-/m0/s1. The van der Waals surface area contributed by atoms with Crippen molar-refractivity contribution in [2.24, 2.45) is 11.8 Å². The summed E-state index contributed by atoms with van der Waals surface area (Å²) in [7, 11) is 1.79. The summed E-state index contributed by atoms with van der Waals surface area (Å²) in [6, 6.07) is 5.78. The van der Waals surface area contributed by atoms with Gasteiger partial charge in [0.25, 0.3) is 0 Å². The molecule has 2 fully saturated rings. The van der Waals surface area contributed by atoms with Crippen LogP contribution in [0.3, 0.4) is 0 Å². The summed E-state index contributed by atoms with van der Waals surface area (Å²) < 4.78 is 8.02. The van der Waals surface area contributed by atoms with Crippen molar-refractivity contribution in [3.8, 4) is 0 Å². The van der Waals surface area contributed by atoms with Gasteiger partial charge in [-0.1, -0.05) is 12.2 Å². The third-order valence-electron chi connectivity index (χ3n) is 6.48. The first-order chi connectivity index (χ1) is 14.6. The highest BCUT2D eigenvalue weighted by molar-refractivity contribution is 5.93. The van der Waals surface area contributed by atoms with Gasteiger partial charge < -0.3 is 14.5 Å². The number of likely N-dealkylation sites (N-methyl/N-ethyl adjacent to an activating group) is 1. The summed E-state index contributed by atoms with van der Waals surface area (Å²) in [4.78, 5) is 34.1. The van der Waals surface area contributed by atoms with E-state index in [1.165, 1.54) is 0 Å². The lowest BCUT2D eigenvalue weighted by molar-refractivity contribution is -0.142. The van der Waals surface area contributed by atoms with Crippen molar-refractivity contribution >= 4 is 11.8 Å². The number of amides is 2. The number of hydrogen-bond donors (Lipinski definition) is 0. The summed E-state index contributed by atoms with van der Waals surface area (Å²) in [6.07, 6.45) is 11.5. The first kappa shape index (κ1) is 19.0. The van der Waals surface area contributed by atoms with E-state index in [1.807, 2.05) is 41.4 Å². The lowest BCUT2D eigenvalue weighted by Crippen LogP contribution is -2.45. The molecule has 0 unspecified atom stereocenters. The number of rotatable bonds is 7. The van der Waals surface area contributed by atoms with E-state index >= 15 is 0 Å². The number of carbonyl (C=O) groups excluding carboxylic acids is 2. The number of pyridine rings is 1. The summed E-state index contributed by atoms with van der Waals surface area (Å²) in [5, 5.41) is 4.18. The maximum Gasteiger partial charge on any atom is 0.230 e. The largest absolute Gasteiger partial charge is 0.360 e. The third kappa shape index (κ3) is 3.11. The zero-order valence-corrected chi connectivity index (χ0v) is 16.9. The lowest BCUT2D eigenvalue weighted by atomic mass is 9.76. The van der Waals surface area contributed by atoms with E-state index in [2.05, 4.69) is 10.1 Å². The molecule has 5 rings (SSSR count). The van der Waals surface area contributed by atoms with Crippen LogP contribution in [0.2, 0.25) is 0 Å². The van der Waals surface area contributed by atoms with Crippen LogP contribution in [0, 0.1) is 11.8 Å². The van der Waals surface area contributed by atoms with Crippen molar-refractivity contribution in [1.29, 1.82) is 0 Å². The second-order valence-electron chi connectivity index (χ2n) is 8.29. The van der Waals surface area contributed by atoms with Crippen molar-refractivity contribution in [3.05, 3.63) is 60.7 Å². The Kier molecular flexibility index (Phi) is 4.66. The number of carbonyl (C=O) groups is 2. The van der Waals surface area contributed by atoms with Gasteiger partial charge in [0.1, 0.15) is 5.60 Å². The molecule has 2 aromatic heterocycles. The predicted molar refractivity (Wildman–Crippen MR) is 108 cm³/mol. The number of hydrogen-bond acceptors (Lipinski definition) is 5. The van der Waals surface area contributed by atoms with Crippen molar-refractivity contribution in [1.82, 2.24) is 24.6 Å². The van der Waals surface area contributed by atoms with Crippen LogP contribution in [0.15, 0.2) is 55.1 Å². The number of nitrogens with zero attached hydrogens (tertiary/aromatic N) is 5. The molecule has 8 heteroatoms. The quantitative estimate of drug-likeness (QED) is 0.633. The first-order valence-corrected chi connectivity index (χ1v) is 10.3. The van der Waals surface area contributed by atoms with Gasteiger partial charge in [-0.3, -0.25) is 19.3 Å². The van der Waals surface area contributed by atoms with Gasteiger partial charge in [0.15, 0.2) is 0 Å². The average Bonchev–Trinajstić information content (AvgIpc) is 3.53. The highest BCUT2D eigenvalue weighted by Gasteiger charge is 2.66. The molecule has 2 amide bonds. The van der Waals surface area contributed by atoms with Crippen LogP contribution in [0.5, 0.6) is 0 Å². The van der Waals surface area contributed by atoms with Gasteiger partial charge in [-0.2, -0.15) is 5.10 Å². The predicted octanol–water partition coefficient (Wildman–Crippen LogP) is 0.761. The molecule has 2 bridgehead atoms. The Morgan fingerprint density at radius 3 is 2.90 bits per heavy atom. The lowest BCUT2D eigenvalue weighted by Gasteiger charge is -2.27. The Bertz CT molecular complexity index is 960. The van der Waals surface area contributed by atoms with E-state index in [1.54, 1.807) is 35.2 Å². The molecular weight excluding hydrogens is 382 g/mol. The van der Waals surface area contributed by atoms with Crippen LogP contribution in [0.25, 0.3) is 0 Å². The van der Waals surface area contributed by atoms with Crippen molar-refractivity contribution in [2.45, 2.75) is 24.7 Å². The summed E-state index contributed by atoms with van der Waals surface area (Å²) in [5.41, 5.74) is 0.475. The molecular formula is C22H25N5O3. The van der Waals surface area contributed by atoms with Crippen molar-refractivity contribution < 1.29 is 14.3 Å². The molecule has 30 heavy (non-hydrogen) atoms. The van der Waals surface area contributed by atoms with Crippen LogP contribution in [0.4, 0.5) is 0 Å². The highest BCUT2D eigenvalue weighted by Crippen LogP contribution is 2.52. The maximum atomic E-state index is 13.3. The topological polar surface area (TPSA) is 80.6 Å². The Hall–Kier alpha value is -3.00. The average molecular weight is 407 g/mol. The van der Waals surface area contributed by atoms with E-state index in [0.717, 1.165) is 12.0 Å².